The lowest BCUT2D eigenvalue weighted by atomic mass is 10.2. The van der Waals surface area contributed by atoms with E-state index in [0.29, 0.717) is 6.04 Å². The fourth-order valence-corrected chi connectivity index (χ4v) is 1.93. The van der Waals surface area contributed by atoms with Crippen molar-refractivity contribution >= 4 is 5.97 Å². The van der Waals surface area contributed by atoms with Gasteiger partial charge in [-0.1, -0.05) is 19.8 Å². The quantitative estimate of drug-likeness (QED) is 0.596. The Morgan fingerprint density at radius 1 is 1.50 bits per heavy atom. The first-order valence-electron chi connectivity index (χ1n) is 4.68. The molecule has 0 aromatic carbocycles. The molecule has 3 nitrogen and oxygen atoms in total. The minimum atomic E-state index is -0.955. The molecule has 1 fully saturated rings. The van der Waals surface area contributed by atoms with Crippen LogP contribution in [0, 0.1) is 0 Å². The third-order valence-corrected chi connectivity index (χ3v) is 2.58. The smallest absolute Gasteiger partial charge is 0.0555 e. The van der Waals surface area contributed by atoms with Crippen molar-refractivity contribution in [3.63, 3.8) is 0 Å². The van der Waals surface area contributed by atoms with Gasteiger partial charge in [-0.05, 0) is 19.4 Å². The van der Waals surface area contributed by atoms with Crippen LogP contribution in [0.15, 0.2) is 0 Å². The maximum atomic E-state index is 10.4. The molecule has 0 aromatic rings. The fraction of sp³-hybridized carbons (Fsp3) is 0.889. The average molecular weight is 170 g/mol. The zero-order valence-corrected chi connectivity index (χ0v) is 7.58. The van der Waals surface area contributed by atoms with E-state index < -0.39 is 5.97 Å². The van der Waals surface area contributed by atoms with Gasteiger partial charge in [0.2, 0.25) is 0 Å². The van der Waals surface area contributed by atoms with Crippen molar-refractivity contribution in [2.24, 2.45) is 0 Å². The highest BCUT2D eigenvalue weighted by Crippen LogP contribution is 2.22. The monoisotopic (exact) mass is 170 g/mol. The minimum Gasteiger partial charge on any atom is -0.549 e. The zero-order valence-electron chi connectivity index (χ0n) is 7.58. The summed E-state index contributed by atoms with van der Waals surface area (Å²) >= 11 is 0. The van der Waals surface area contributed by atoms with E-state index in [4.69, 9.17) is 0 Å². The summed E-state index contributed by atoms with van der Waals surface area (Å²) in [5, 5.41) is 10.4. The largest absolute Gasteiger partial charge is 0.549 e. The Morgan fingerprint density at radius 2 is 2.08 bits per heavy atom. The summed E-state index contributed by atoms with van der Waals surface area (Å²) in [6.07, 6.45) is 4.80. The molecule has 1 saturated carbocycles. The number of rotatable bonds is 4. The second-order valence-electron chi connectivity index (χ2n) is 3.37. The van der Waals surface area contributed by atoms with Crippen molar-refractivity contribution in [3.8, 4) is 0 Å². The third kappa shape index (κ3) is 2.48. The Bertz CT molecular complexity index is 153. The summed E-state index contributed by atoms with van der Waals surface area (Å²) in [6.45, 7) is 2.92. The van der Waals surface area contributed by atoms with Gasteiger partial charge in [0.1, 0.15) is 0 Å². The van der Waals surface area contributed by atoms with Crippen LogP contribution < -0.4 is 5.11 Å². The molecule has 0 bridgehead atoms. The first-order valence-corrected chi connectivity index (χ1v) is 4.68. The van der Waals surface area contributed by atoms with Crippen LogP contribution in [0.25, 0.3) is 0 Å². The lowest BCUT2D eigenvalue weighted by Gasteiger charge is -2.27. The number of hydrogen-bond donors (Lipinski definition) is 0. The molecule has 0 heterocycles. The van der Waals surface area contributed by atoms with Crippen LogP contribution in [0.2, 0.25) is 0 Å². The molecule has 0 aromatic heterocycles. The number of carboxylic acids is 1. The van der Waals surface area contributed by atoms with Crippen LogP contribution in [0.4, 0.5) is 0 Å². The van der Waals surface area contributed by atoms with Gasteiger partial charge in [0.05, 0.1) is 5.97 Å². The molecule has 0 saturated heterocycles. The van der Waals surface area contributed by atoms with E-state index in [1.807, 2.05) is 11.8 Å². The van der Waals surface area contributed by atoms with Gasteiger partial charge in [0.25, 0.3) is 0 Å². The van der Waals surface area contributed by atoms with E-state index in [0.717, 1.165) is 19.4 Å². The van der Waals surface area contributed by atoms with Gasteiger partial charge in [0, 0.05) is 12.6 Å². The first-order chi connectivity index (χ1) is 5.74. The van der Waals surface area contributed by atoms with Crippen LogP contribution in [-0.4, -0.2) is 30.0 Å². The van der Waals surface area contributed by atoms with Crippen LogP contribution in [0.5, 0.6) is 0 Å². The van der Waals surface area contributed by atoms with Crippen molar-refractivity contribution in [1.29, 1.82) is 0 Å². The van der Waals surface area contributed by atoms with Crippen molar-refractivity contribution in [1.82, 2.24) is 4.90 Å². The highest BCUT2D eigenvalue weighted by atomic mass is 16.4. The molecule has 0 N–H and O–H groups in total. The van der Waals surface area contributed by atoms with E-state index in [1.165, 1.54) is 12.8 Å². The molecule has 1 aliphatic carbocycles. The van der Waals surface area contributed by atoms with Gasteiger partial charge in [-0.15, -0.1) is 0 Å². The molecule has 1 rings (SSSR count). The maximum absolute atomic E-state index is 10.4. The molecule has 0 radical (unpaired) electrons. The highest BCUT2D eigenvalue weighted by Gasteiger charge is 2.20. The van der Waals surface area contributed by atoms with E-state index >= 15 is 0 Å². The standard InChI is InChI=1S/C9H17NO2/c1-2-10(7-9(11)12)8-5-3-4-6-8/h8H,2-7H2,1H3,(H,11,12)/p-1. The van der Waals surface area contributed by atoms with Crippen LogP contribution in [0.1, 0.15) is 32.6 Å². The zero-order chi connectivity index (χ0) is 8.97. The molecule has 1 aliphatic rings. The summed E-state index contributed by atoms with van der Waals surface area (Å²) < 4.78 is 0. The molecular weight excluding hydrogens is 154 g/mol. The van der Waals surface area contributed by atoms with Crippen molar-refractivity contribution in [2.45, 2.75) is 38.6 Å². The molecule has 0 amide bonds. The topological polar surface area (TPSA) is 43.4 Å². The lowest BCUT2D eigenvalue weighted by molar-refractivity contribution is -0.306. The van der Waals surface area contributed by atoms with E-state index in [9.17, 15) is 9.90 Å². The number of carboxylic acid groups (broad SMARTS) is 1. The van der Waals surface area contributed by atoms with Crippen molar-refractivity contribution in [2.75, 3.05) is 13.1 Å². The Balaban J connectivity index is 2.37. The molecule has 0 atom stereocenters. The Morgan fingerprint density at radius 3 is 2.50 bits per heavy atom. The van der Waals surface area contributed by atoms with Gasteiger partial charge in [0.15, 0.2) is 0 Å². The maximum Gasteiger partial charge on any atom is 0.0555 e. The van der Waals surface area contributed by atoms with E-state index in [-0.39, 0.29) is 6.54 Å². The summed E-state index contributed by atoms with van der Waals surface area (Å²) in [7, 11) is 0. The third-order valence-electron chi connectivity index (χ3n) is 2.58. The van der Waals surface area contributed by atoms with Gasteiger partial charge in [-0.2, -0.15) is 0 Å². The summed E-state index contributed by atoms with van der Waals surface area (Å²) in [6, 6.07) is 0.493. The van der Waals surface area contributed by atoms with Crippen molar-refractivity contribution < 1.29 is 9.90 Å². The van der Waals surface area contributed by atoms with E-state index in [1.54, 1.807) is 0 Å². The molecular formula is C9H16NO2-. The van der Waals surface area contributed by atoms with E-state index in [2.05, 4.69) is 0 Å². The number of hydrogen-bond acceptors (Lipinski definition) is 3. The predicted molar refractivity (Wildman–Crippen MR) is 44.5 cm³/mol. The van der Waals surface area contributed by atoms with Crippen LogP contribution in [-0.2, 0) is 4.79 Å². The second kappa shape index (κ2) is 4.45. The number of carbonyl (C=O) groups is 1. The predicted octanol–water partition coefficient (Wildman–Crippen LogP) is 0.000800. The number of carbonyl (C=O) groups excluding carboxylic acids is 1. The fourth-order valence-electron chi connectivity index (χ4n) is 1.93. The number of nitrogens with zero attached hydrogens (tertiary/aromatic N) is 1. The lowest BCUT2D eigenvalue weighted by Crippen LogP contribution is -2.42. The minimum absolute atomic E-state index is 0.0984. The van der Waals surface area contributed by atoms with Crippen LogP contribution in [0.3, 0.4) is 0 Å². The normalized spacial score (nSPS) is 18.8. The first kappa shape index (κ1) is 9.52. The molecule has 3 heteroatoms. The van der Waals surface area contributed by atoms with Gasteiger partial charge < -0.3 is 9.90 Å². The molecule has 0 unspecified atom stereocenters. The Labute approximate surface area is 73.4 Å². The second-order valence-corrected chi connectivity index (χ2v) is 3.37. The Hall–Kier alpha value is -0.570. The van der Waals surface area contributed by atoms with Crippen LogP contribution >= 0.6 is 0 Å². The van der Waals surface area contributed by atoms with Gasteiger partial charge in [-0.3, -0.25) is 4.90 Å². The molecule has 12 heavy (non-hydrogen) atoms. The van der Waals surface area contributed by atoms with Crippen molar-refractivity contribution in [3.05, 3.63) is 0 Å². The van der Waals surface area contributed by atoms with Gasteiger partial charge >= 0.3 is 0 Å². The molecule has 0 aliphatic heterocycles. The highest BCUT2D eigenvalue weighted by molar-refractivity contribution is 5.66. The number of aliphatic carboxylic acids is 1. The SMILES string of the molecule is CCN(CC(=O)[O-])C1CCCC1. The molecule has 70 valence electrons. The number of likely N-dealkylation sites (N-methyl/N-ethyl adjacent to an activating group) is 1. The summed E-state index contributed by atoms with van der Waals surface area (Å²) in [5.41, 5.74) is 0. The molecule has 0 spiro atoms. The van der Waals surface area contributed by atoms with Gasteiger partial charge in [-0.25, -0.2) is 0 Å². The summed E-state index contributed by atoms with van der Waals surface area (Å²) in [4.78, 5) is 12.4. The summed E-state index contributed by atoms with van der Waals surface area (Å²) in [5.74, 6) is -0.955. The Kier molecular flexibility index (Phi) is 3.53. The average Bonchev–Trinajstić information content (AvgIpc) is 2.51.